The third-order valence-electron chi connectivity index (χ3n) is 9.35. The molecule has 3 amide bonds. The summed E-state index contributed by atoms with van der Waals surface area (Å²) < 4.78 is 21.5. The zero-order valence-electron chi connectivity index (χ0n) is 26.8. The number of benzene rings is 1. The normalized spacial score (nSPS) is 22.1. The molecule has 0 unspecified atom stereocenters. The number of aryl methyl sites for hydroxylation is 1. The highest BCUT2D eigenvalue weighted by Crippen LogP contribution is 2.34. The molecule has 1 aliphatic carbocycles. The second-order valence-electron chi connectivity index (χ2n) is 12.8. The van der Waals surface area contributed by atoms with Gasteiger partial charge in [-0.2, -0.15) is 0 Å². The van der Waals surface area contributed by atoms with E-state index in [4.69, 9.17) is 24.5 Å². The van der Waals surface area contributed by atoms with E-state index in [1.165, 1.54) is 0 Å². The topological polar surface area (TPSA) is 179 Å². The van der Waals surface area contributed by atoms with Gasteiger partial charge in [-0.3, -0.25) is 24.1 Å². The third-order valence-corrected chi connectivity index (χ3v) is 9.35. The maximum Gasteiger partial charge on any atom is 0.287 e. The fraction of sp³-hybridized carbons (Fsp3) is 0.606. The number of hydrogen-bond donors (Lipinski definition) is 3. The van der Waals surface area contributed by atoms with Crippen LogP contribution in [-0.4, -0.2) is 97.8 Å². The Bertz CT molecular complexity index is 1390. The number of Topliss-reactive ketones (excluding diaryl/α,β-unsaturated/α-hetero) is 1. The first-order valence-corrected chi connectivity index (χ1v) is 16.1. The van der Waals surface area contributed by atoms with Gasteiger partial charge >= 0.3 is 0 Å². The molecule has 5 rings (SSSR count). The van der Waals surface area contributed by atoms with Crippen molar-refractivity contribution < 1.29 is 37.9 Å². The van der Waals surface area contributed by atoms with Crippen LogP contribution in [-0.2, 0) is 30.3 Å². The zero-order valence-corrected chi connectivity index (χ0v) is 26.8. The van der Waals surface area contributed by atoms with Gasteiger partial charge in [0.1, 0.15) is 17.4 Å². The molecule has 2 aliphatic heterocycles. The molecule has 0 spiro atoms. The van der Waals surface area contributed by atoms with Crippen molar-refractivity contribution in [2.24, 2.45) is 11.7 Å². The molecule has 1 aromatic carbocycles. The summed E-state index contributed by atoms with van der Waals surface area (Å²) in [6.45, 7) is 6.11. The molecule has 2 aromatic rings. The number of primary amides is 1. The van der Waals surface area contributed by atoms with Crippen LogP contribution in [0, 0.1) is 12.8 Å². The lowest BCUT2D eigenvalue weighted by Crippen LogP contribution is -2.55. The van der Waals surface area contributed by atoms with Crippen LogP contribution >= 0.6 is 0 Å². The van der Waals surface area contributed by atoms with Gasteiger partial charge in [0, 0.05) is 31.6 Å². The quantitative estimate of drug-likeness (QED) is 0.243. The summed E-state index contributed by atoms with van der Waals surface area (Å²) in [6, 6.07) is 5.43. The Hall–Kier alpha value is -3.81. The monoisotopic (exact) mass is 639 g/mol. The van der Waals surface area contributed by atoms with Crippen molar-refractivity contribution in [3.05, 3.63) is 46.8 Å². The predicted octanol–water partition coefficient (Wildman–Crippen LogP) is 1.66. The van der Waals surface area contributed by atoms with Crippen LogP contribution in [0.15, 0.2) is 28.8 Å². The highest BCUT2D eigenvalue weighted by molar-refractivity contribution is 5.99. The molecule has 4 atom stereocenters. The predicted molar refractivity (Wildman–Crippen MR) is 166 cm³/mol. The summed E-state index contributed by atoms with van der Waals surface area (Å²) in [7, 11) is 1.57. The smallest absolute Gasteiger partial charge is 0.287 e. The molecule has 1 saturated carbocycles. The van der Waals surface area contributed by atoms with Crippen LogP contribution < -0.4 is 21.1 Å². The van der Waals surface area contributed by atoms with Crippen molar-refractivity contribution in [2.45, 2.75) is 76.0 Å². The van der Waals surface area contributed by atoms with E-state index in [2.05, 4.69) is 20.7 Å². The van der Waals surface area contributed by atoms with Crippen molar-refractivity contribution in [3.8, 4) is 5.75 Å². The number of rotatable bonds is 15. The van der Waals surface area contributed by atoms with E-state index in [9.17, 15) is 19.2 Å². The van der Waals surface area contributed by atoms with Gasteiger partial charge in [0.25, 0.3) is 5.91 Å². The molecule has 1 aromatic heterocycles. The fourth-order valence-corrected chi connectivity index (χ4v) is 6.49. The van der Waals surface area contributed by atoms with Gasteiger partial charge in [-0.1, -0.05) is 43.0 Å². The lowest BCUT2D eigenvalue weighted by Gasteiger charge is -2.31. The number of carbonyl (C=O) groups excluding carboxylic acids is 4. The van der Waals surface area contributed by atoms with Crippen LogP contribution in [0.5, 0.6) is 5.75 Å². The van der Waals surface area contributed by atoms with E-state index in [1.807, 2.05) is 12.1 Å². The van der Waals surface area contributed by atoms with Crippen molar-refractivity contribution in [3.63, 3.8) is 0 Å². The van der Waals surface area contributed by atoms with Crippen molar-refractivity contribution in [1.29, 1.82) is 0 Å². The summed E-state index contributed by atoms with van der Waals surface area (Å²) in [5, 5.41) is 9.88. The summed E-state index contributed by atoms with van der Waals surface area (Å²) in [5.74, 6) is -2.11. The molecule has 2 saturated heterocycles. The maximum absolute atomic E-state index is 14.2. The highest BCUT2D eigenvalue weighted by Gasteiger charge is 2.50. The summed E-state index contributed by atoms with van der Waals surface area (Å²) in [5.41, 5.74) is 6.12. The average Bonchev–Trinajstić information content (AvgIpc) is 3.40. The summed E-state index contributed by atoms with van der Waals surface area (Å²) in [4.78, 5) is 56.2. The Kier molecular flexibility index (Phi) is 10.7. The van der Waals surface area contributed by atoms with Gasteiger partial charge < -0.3 is 35.1 Å². The number of hydrogen-bond acceptors (Lipinski definition) is 10. The minimum absolute atomic E-state index is 0.148. The molecule has 0 radical (unpaired) electrons. The molecule has 4 N–H and O–H groups in total. The Morgan fingerprint density at radius 3 is 2.33 bits per heavy atom. The number of ketones is 1. The van der Waals surface area contributed by atoms with E-state index in [0.717, 1.165) is 31.2 Å². The first-order valence-electron chi connectivity index (χ1n) is 16.1. The van der Waals surface area contributed by atoms with Gasteiger partial charge in [0.2, 0.25) is 17.6 Å². The molecule has 3 fully saturated rings. The zero-order chi connectivity index (χ0) is 32.8. The van der Waals surface area contributed by atoms with Crippen LogP contribution in [0.1, 0.15) is 72.3 Å². The SMILES string of the molecule is COc1ccc(C[C@H](NC(=O)[C@@H](CN2CCOCC2)c2c(C)noc2C(N)=O)C(=O)N[C@@H](CC2CCCC2)C(=O)[C@@]2(C)CO2)cc1. The molecule has 46 heavy (non-hydrogen) atoms. The Balaban J connectivity index is 1.42. The van der Waals surface area contributed by atoms with E-state index >= 15 is 0 Å². The Morgan fingerprint density at radius 1 is 1.07 bits per heavy atom. The number of ether oxygens (including phenoxy) is 3. The van der Waals surface area contributed by atoms with Gasteiger partial charge in [0.05, 0.1) is 44.6 Å². The number of nitrogens with one attached hydrogen (secondary N) is 2. The lowest BCUT2D eigenvalue weighted by atomic mass is 9.90. The molecule has 13 heteroatoms. The third kappa shape index (κ3) is 8.12. The summed E-state index contributed by atoms with van der Waals surface area (Å²) in [6.07, 6.45) is 4.88. The van der Waals surface area contributed by atoms with E-state index in [-0.39, 0.29) is 30.1 Å². The second-order valence-corrected chi connectivity index (χ2v) is 12.8. The van der Waals surface area contributed by atoms with Gasteiger partial charge in [-0.25, -0.2) is 0 Å². The standard InChI is InChI=1S/C33H45N5O8/c1-20-27(28(30(34)40)46-37-20)24(18-38-12-14-44-15-13-38)31(41)36-26(17-22-8-10-23(43-3)11-9-22)32(42)35-25(16-21-6-4-5-7-21)29(39)33(2)19-45-33/h8-11,21,24-26H,4-7,12-19H2,1-3H3,(H2,34,40)(H,35,42)(H,36,41)/t24-,25-,26-,33+/m0/s1. The van der Waals surface area contributed by atoms with Crippen molar-refractivity contribution in [2.75, 3.05) is 46.6 Å². The van der Waals surface area contributed by atoms with Crippen molar-refractivity contribution >= 4 is 23.5 Å². The first-order chi connectivity index (χ1) is 22.1. The molecule has 250 valence electrons. The average molecular weight is 640 g/mol. The van der Waals surface area contributed by atoms with Gasteiger partial charge in [-0.05, 0) is 43.9 Å². The van der Waals surface area contributed by atoms with Crippen LogP contribution in [0.4, 0.5) is 0 Å². The van der Waals surface area contributed by atoms with Gasteiger partial charge in [-0.15, -0.1) is 0 Å². The van der Waals surface area contributed by atoms with E-state index in [1.54, 1.807) is 33.1 Å². The highest BCUT2D eigenvalue weighted by atomic mass is 16.6. The van der Waals surface area contributed by atoms with Crippen LogP contribution in [0.25, 0.3) is 0 Å². The number of morpholine rings is 1. The summed E-state index contributed by atoms with van der Waals surface area (Å²) >= 11 is 0. The maximum atomic E-state index is 14.2. The molecular formula is C33H45N5O8. The number of amides is 3. The second kappa shape index (κ2) is 14.7. The number of nitrogens with zero attached hydrogens (tertiary/aromatic N) is 2. The van der Waals surface area contributed by atoms with Crippen molar-refractivity contribution in [1.82, 2.24) is 20.7 Å². The number of nitrogens with two attached hydrogens (primary N) is 1. The lowest BCUT2D eigenvalue weighted by molar-refractivity contribution is -0.133. The van der Waals surface area contributed by atoms with E-state index in [0.29, 0.717) is 56.7 Å². The molecule has 3 heterocycles. The largest absolute Gasteiger partial charge is 0.497 e. The van der Waals surface area contributed by atoms with E-state index < -0.39 is 41.3 Å². The number of epoxide rings is 1. The minimum Gasteiger partial charge on any atom is -0.497 e. The number of carbonyl (C=O) groups is 4. The molecule has 13 nitrogen and oxygen atoms in total. The van der Waals surface area contributed by atoms with Crippen LogP contribution in [0.2, 0.25) is 0 Å². The molecule has 0 bridgehead atoms. The van der Waals surface area contributed by atoms with Gasteiger partial charge in [0.15, 0.2) is 5.78 Å². The Labute approximate surface area is 268 Å². The fourth-order valence-electron chi connectivity index (χ4n) is 6.49. The Morgan fingerprint density at radius 2 is 1.72 bits per heavy atom. The first kappa shape index (κ1) is 33.6. The number of methoxy groups -OCH3 is 1. The molecule has 3 aliphatic rings. The minimum atomic E-state index is -1.04. The van der Waals surface area contributed by atoms with Crippen LogP contribution in [0.3, 0.4) is 0 Å². The molecular weight excluding hydrogens is 594 g/mol. The number of aromatic nitrogens is 1.